The molecule has 1 atom stereocenters. The number of benzene rings is 1. The average molecular weight is 365 g/mol. The van der Waals surface area contributed by atoms with Crippen molar-refractivity contribution >= 4 is 43.5 Å². The molecule has 1 aromatic rings. The van der Waals surface area contributed by atoms with Gasteiger partial charge in [-0.25, -0.2) is 0 Å². The summed E-state index contributed by atoms with van der Waals surface area (Å²) in [7, 11) is 0. The molecular formula is C11H11Br2NO3. The van der Waals surface area contributed by atoms with Crippen LogP contribution in [0.25, 0.3) is 0 Å². The number of carbonyl (C=O) groups is 1. The first-order valence-electron chi connectivity index (χ1n) is 5.18. The van der Waals surface area contributed by atoms with E-state index in [4.69, 9.17) is 4.74 Å². The van der Waals surface area contributed by atoms with E-state index in [2.05, 4.69) is 37.2 Å². The summed E-state index contributed by atoms with van der Waals surface area (Å²) in [4.78, 5) is 11.8. The topological polar surface area (TPSA) is 58.6 Å². The molecule has 0 saturated carbocycles. The maximum absolute atomic E-state index is 11.8. The molecule has 92 valence electrons. The average Bonchev–Trinajstić information content (AvgIpc) is 2.79. The SMILES string of the molecule is O=C(Nc1cc(Br)c(O)c(Br)c1)[C@@H]1CCCO1. The first kappa shape index (κ1) is 12.9. The number of carbonyl (C=O) groups excluding carboxylic acids is 1. The van der Waals surface area contributed by atoms with Gasteiger partial charge in [-0.15, -0.1) is 0 Å². The maximum atomic E-state index is 11.8. The van der Waals surface area contributed by atoms with Gasteiger partial charge >= 0.3 is 0 Å². The van der Waals surface area contributed by atoms with Crippen molar-refractivity contribution in [3.63, 3.8) is 0 Å². The largest absolute Gasteiger partial charge is 0.506 e. The van der Waals surface area contributed by atoms with Crippen LogP contribution in [0.15, 0.2) is 21.1 Å². The van der Waals surface area contributed by atoms with Crippen LogP contribution < -0.4 is 5.32 Å². The zero-order valence-corrected chi connectivity index (χ0v) is 12.0. The van der Waals surface area contributed by atoms with Crippen molar-refractivity contribution in [2.75, 3.05) is 11.9 Å². The Hall–Kier alpha value is -0.590. The Bertz CT molecular complexity index is 421. The number of ether oxygens (including phenoxy) is 1. The van der Waals surface area contributed by atoms with E-state index < -0.39 is 0 Å². The number of nitrogens with one attached hydrogen (secondary N) is 1. The van der Waals surface area contributed by atoms with Gasteiger partial charge < -0.3 is 15.2 Å². The van der Waals surface area contributed by atoms with Gasteiger partial charge in [-0.1, -0.05) is 0 Å². The third-order valence-corrected chi connectivity index (χ3v) is 3.72. The fourth-order valence-electron chi connectivity index (χ4n) is 1.64. The van der Waals surface area contributed by atoms with E-state index in [1.165, 1.54) is 0 Å². The van der Waals surface area contributed by atoms with E-state index in [1.54, 1.807) is 12.1 Å². The van der Waals surface area contributed by atoms with E-state index in [0.717, 1.165) is 12.8 Å². The lowest BCUT2D eigenvalue weighted by molar-refractivity contribution is -0.124. The predicted molar refractivity (Wildman–Crippen MR) is 71.1 cm³/mol. The van der Waals surface area contributed by atoms with Gasteiger partial charge in [-0.2, -0.15) is 0 Å². The lowest BCUT2D eigenvalue weighted by atomic mass is 10.2. The second-order valence-corrected chi connectivity index (χ2v) is 5.49. The van der Waals surface area contributed by atoms with Crippen molar-refractivity contribution in [1.29, 1.82) is 0 Å². The van der Waals surface area contributed by atoms with Crippen LogP contribution >= 0.6 is 31.9 Å². The van der Waals surface area contributed by atoms with Gasteiger partial charge in [0.05, 0.1) is 8.95 Å². The number of hydrogen-bond donors (Lipinski definition) is 2. The Balaban J connectivity index is 2.10. The third kappa shape index (κ3) is 3.00. The molecule has 2 N–H and O–H groups in total. The standard InChI is InChI=1S/C11H11Br2NO3/c12-7-4-6(5-8(13)10(7)15)14-11(16)9-2-1-3-17-9/h4-5,9,15H,1-3H2,(H,14,16)/t9-/m0/s1. The zero-order valence-electron chi connectivity index (χ0n) is 8.87. The molecule has 1 fully saturated rings. The second kappa shape index (κ2) is 5.37. The Morgan fingerprint density at radius 1 is 1.41 bits per heavy atom. The molecule has 1 heterocycles. The molecule has 17 heavy (non-hydrogen) atoms. The van der Waals surface area contributed by atoms with E-state index in [-0.39, 0.29) is 17.8 Å². The number of amides is 1. The van der Waals surface area contributed by atoms with Crippen LogP contribution in [0.4, 0.5) is 5.69 Å². The summed E-state index contributed by atoms with van der Waals surface area (Å²) in [6.07, 6.45) is 1.31. The molecule has 1 aromatic carbocycles. The molecule has 1 aliphatic heterocycles. The minimum Gasteiger partial charge on any atom is -0.506 e. The molecule has 2 rings (SSSR count). The first-order valence-corrected chi connectivity index (χ1v) is 6.77. The van der Waals surface area contributed by atoms with Gasteiger partial charge in [0.15, 0.2) is 0 Å². The van der Waals surface area contributed by atoms with Gasteiger partial charge in [0.25, 0.3) is 5.91 Å². The number of aromatic hydroxyl groups is 1. The summed E-state index contributed by atoms with van der Waals surface area (Å²) >= 11 is 6.42. The molecule has 1 amide bonds. The number of halogens is 2. The maximum Gasteiger partial charge on any atom is 0.253 e. The summed E-state index contributed by atoms with van der Waals surface area (Å²) < 4.78 is 6.33. The summed E-state index contributed by atoms with van der Waals surface area (Å²) in [5.74, 6) is -0.0351. The normalized spacial score (nSPS) is 19.3. The monoisotopic (exact) mass is 363 g/mol. The molecule has 1 aliphatic rings. The van der Waals surface area contributed by atoms with E-state index in [0.29, 0.717) is 21.2 Å². The van der Waals surface area contributed by atoms with Gasteiger partial charge in [-0.3, -0.25) is 4.79 Å². The second-order valence-electron chi connectivity index (χ2n) is 3.78. The first-order chi connectivity index (χ1) is 8.08. The summed E-state index contributed by atoms with van der Waals surface area (Å²) in [5, 5.41) is 12.3. The number of anilines is 1. The van der Waals surface area contributed by atoms with Crippen LogP contribution in [0, 0.1) is 0 Å². The molecule has 0 unspecified atom stereocenters. The van der Waals surface area contributed by atoms with Gasteiger partial charge in [0.1, 0.15) is 11.9 Å². The van der Waals surface area contributed by atoms with Gasteiger partial charge in [0, 0.05) is 12.3 Å². The van der Waals surface area contributed by atoms with Crippen LogP contribution in [0.5, 0.6) is 5.75 Å². The quantitative estimate of drug-likeness (QED) is 0.793. The Morgan fingerprint density at radius 2 is 2.06 bits per heavy atom. The highest BCUT2D eigenvalue weighted by Gasteiger charge is 2.23. The molecule has 4 nitrogen and oxygen atoms in total. The summed E-state index contributed by atoms with van der Waals surface area (Å²) in [6.45, 7) is 0.640. The molecule has 0 bridgehead atoms. The summed E-state index contributed by atoms with van der Waals surface area (Å²) in [6, 6.07) is 3.29. The van der Waals surface area contributed by atoms with Crippen LogP contribution in [0.3, 0.4) is 0 Å². The third-order valence-electron chi connectivity index (χ3n) is 2.51. The smallest absolute Gasteiger partial charge is 0.253 e. The lowest BCUT2D eigenvalue weighted by Crippen LogP contribution is -2.26. The number of phenolic OH excluding ortho intramolecular Hbond substituents is 1. The minimum absolute atomic E-state index is 0.111. The van der Waals surface area contributed by atoms with Crippen molar-refractivity contribution in [3.8, 4) is 5.75 Å². The van der Waals surface area contributed by atoms with Crippen LogP contribution in [0.2, 0.25) is 0 Å². The fraction of sp³-hybridized carbons (Fsp3) is 0.364. The van der Waals surface area contributed by atoms with E-state index in [9.17, 15) is 9.90 Å². The Morgan fingerprint density at radius 3 is 2.59 bits per heavy atom. The lowest BCUT2D eigenvalue weighted by Gasteiger charge is -2.11. The molecule has 0 aliphatic carbocycles. The van der Waals surface area contributed by atoms with Crippen molar-refractivity contribution in [2.45, 2.75) is 18.9 Å². The number of rotatable bonds is 2. The molecule has 0 radical (unpaired) electrons. The van der Waals surface area contributed by atoms with Crippen LogP contribution in [-0.2, 0) is 9.53 Å². The van der Waals surface area contributed by atoms with Crippen LogP contribution in [0.1, 0.15) is 12.8 Å². The molecule has 0 spiro atoms. The van der Waals surface area contributed by atoms with Crippen molar-refractivity contribution in [1.82, 2.24) is 0 Å². The minimum atomic E-state index is -0.360. The van der Waals surface area contributed by atoms with E-state index >= 15 is 0 Å². The Kier molecular flexibility index (Phi) is 4.06. The molecular weight excluding hydrogens is 354 g/mol. The van der Waals surface area contributed by atoms with Gasteiger partial charge in [0.2, 0.25) is 0 Å². The van der Waals surface area contributed by atoms with E-state index in [1.807, 2.05) is 0 Å². The highest BCUT2D eigenvalue weighted by molar-refractivity contribution is 9.11. The Labute approximate surface area is 116 Å². The van der Waals surface area contributed by atoms with Crippen molar-refractivity contribution in [3.05, 3.63) is 21.1 Å². The van der Waals surface area contributed by atoms with Crippen molar-refractivity contribution < 1.29 is 14.6 Å². The molecule has 0 aromatic heterocycles. The highest BCUT2D eigenvalue weighted by atomic mass is 79.9. The van der Waals surface area contributed by atoms with Crippen molar-refractivity contribution in [2.24, 2.45) is 0 Å². The number of phenols is 1. The number of hydrogen-bond acceptors (Lipinski definition) is 3. The fourth-order valence-corrected chi connectivity index (χ4v) is 2.83. The summed E-state index contributed by atoms with van der Waals surface area (Å²) in [5.41, 5.74) is 0.613. The predicted octanol–water partition coefficient (Wildman–Crippen LogP) is 3.03. The highest BCUT2D eigenvalue weighted by Crippen LogP contribution is 2.35. The molecule has 1 saturated heterocycles. The van der Waals surface area contributed by atoms with Gasteiger partial charge in [-0.05, 0) is 56.8 Å². The zero-order chi connectivity index (χ0) is 12.4. The molecule has 6 heteroatoms. The van der Waals surface area contributed by atoms with Crippen LogP contribution in [-0.4, -0.2) is 23.7 Å².